The van der Waals surface area contributed by atoms with Crippen LogP contribution in [0.1, 0.15) is 32.6 Å². The van der Waals surface area contributed by atoms with Gasteiger partial charge in [0.1, 0.15) is 0 Å². The van der Waals surface area contributed by atoms with Gasteiger partial charge in [-0.1, -0.05) is 6.92 Å². The van der Waals surface area contributed by atoms with E-state index in [1.54, 1.807) is 0 Å². The van der Waals surface area contributed by atoms with Crippen molar-refractivity contribution in [3.63, 3.8) is 0 Å². The quantitative estimate of drug-likeness (QED) is 0.757. The van der Waals surface area contributed by atoms with Crippen molar-refractivity contribution in [3.8, 4) is 0 Å². The van der Waals surface area contributed by atoms with E-state index in [4.69, 9.17) is 5.11 Å². The lowest BCUT2D eigenvalue weighted by atomic mass is 10.0. The largest absolute Gasteiger partial charge is 0.481 e. The molecule has 5 heteroatoms. The zero-order valence-electron chi connectivity index (χ0n) is 10.9. The number of amides is 1. The number of piperidine rings is 1. The summed E-state index contributed by atoms with van der Waals surface area (Å²) >= 11 is 0. The molecule has 1 saturated heterocycles. The van der Waals surface area contributed by atoms with Crippen LogP contribution in [0.5, 0.6) is 0 Å². The number of rotatable bonds is 5. The zero-order valence-corrected chi connectivity index (χ0v) is 10.9. The molecule has 102 valence electrons. The summed E-state index contributed by atoms with van der Waals surface area (Å²) in [5.41, 5.74) is 0. The van der Waals surface area contributed by atoms with Crippen molar-refractivity contribution < 1.29 is 14.7 Å². The van der Waals surface area contributed by atoms with E-state index in [9.17, 15) is 9.59 Å². The fourth-order valence-corrected chi connectivity index (χ4v) is 2.79. The van der Waals surface area contributed by atoms with Crippen molar-refractivity contribution in [2.75, 3.05) is 19.6 Å². The fourth-order valence-electron chi connectivity index (χ4n) is 2.79. The molecule has 0 aromatic carbocycles. The number of nitrogens with one attached hydrogen (secondary N) is 1. The van der Waals surface area contributed by atoms with Crippen molar-refractivity contribution in [1.82, 2.24) is 10.2 Å². The Hall–Kier alpha value is -1.10. The van der Waals surface area contributed by atoms with Crippen molar-refractivity contribution in [3.05, 3.63) is 0 Å². The Balaban J connectivity index is 1.96. The highest BCUT2D eigenvalue weighted by atomic mass is 16.4. The fraction of sp³-hybridized carbons (Fsp3) is 0.846. The predicted molar refractivity (Wildman–Crippen MR) is 67.1 cm³/mol. The van der Waals surface area contributed by atoms with Crippen LogP contribution >= 0.6 is 0 Å². The monoisotopic (exact) mass is 254 g/mol. The molecule has 0 spiro atoms. The summed E-state index contributed by atoms with van der Waals surface area (Å²) in [4.78, 5) is 25.1. The predicted octanol–water partition coefficient (Wildman–Crippen LogP) is 0.698. The number of nitrogens with zero attached hydrogens (tertiary/aromatic N) is 1. The number of carboxylic acids is 1. The van der Waals surface area contributed by atoms with Gasteiger partial charge in [-0.15, -0.1) is 0 Å². The lowest BCUT2D eigenvalue weighted by Crippen LogP contribution is -2.47. The van der Waals surface area contributed by atoms with Crippen molar-refractivity contribution >= 4 is 11.9 Å². The maximum absolute atomic E-state index is 12.4. The van der Waals surface area contributed by atoms with Gasteiger partial charge in [-0.3, -0.25) is 9.59 Å². The third-order valence-electron chi connectivity index (χ3n) is 3.92. The summed E-state index contributed by atoms with van der Waals surface area (Å²) in [5, 5.41) is 12.2. The Kier molecular flexibility index (Phi) is 4.22. The van der Waals surface area contributed by atoms with Gasteiger partial charge >= 0.3 is 5.97 Å². The maximum Gasteiger partial charge on any atom is 0.307 e. The molecule has 2 N–H and O–H groups in total. The molecular formula is C13H22N2O3. The minimum Gasteiger partial charge on any atom is -0.481 e. The second kappa shape index (κ2) is 5.69. The van der Waals surface area contributed by atoms with E-state index in [2.05, 4.69) is 12.2 Å². The SMILES string of the molecule is CCCN(C(=O)C1CC1C(=O)O)C1CCNCC1. The topological polar surface area (TPSA) is 69.6 Å². The van der Waals surface area contributed by atoms with E-state index >= 15 is 0 Å². The first-order valence-corrected chi connectivity index (χ1v) is 6.89. The molecule has 5 nitrogen and oxygen atoms in total. The number of hydrogen-bond donors (Lipinski definition) is 2. The first kappa shape index (κ1) is 13.3. The smallest absolute Gasteiger partial charge is 0.307 e. The second-order valence-corrected chi connectivity index (χ2v) is 5.30. The summed E-state index contributed by atoms with van der Waals surface area (Å²) in [6.45, 7) is 4.71. The minimum atomic E-state index is -0.824. The normalized spacial score (nSPS) is 27.8. The van der Waals surface area contributed by atoms with E-state index in [1.807, 2.05) is 4.90 Å². The van der Waals surface area contributed by atoms with E-state index in [1.165, 1.54) is 0 Å². The van der Waals surface area contributed by atoms with Gasteiger partial charge in [0.25, 0.3) is 0 Å². The van der Waals surface area contributed by atoms with Gasteiger partial charge in [0, 0.05) is 12.6 Å². The van der Waals surface area contributed by atoms with Crippen LogP contribution in [0, 0.1) is 11.8 Å². The van der Waals surface area contributed by atoms with Crippen LogP contribution in [-0.2, 0) is 9.59 Å². The van der Waals surface area contributed by atoms with Crippen LogP contribution in [-0.4, -0.2) is 47.6 Å². The number of carbonyl (C=O) groups is 2. The molecule has 0 aromatic heterocycles. The van der Waals surface area contributed by atoms with Crippen molar-refractivity contribution in [2.45, 2.75) is 38.6 Å². The third-order valence-corrected chi connectivity index (χ3v) is 3.92. The molecule has 2 unspecified atom stereocenters. The highest BCUT2D eigenvalue weighted by Gasteiger charge is 2.50. The van der Waals surface area contributed by atoms with E-state index in [0.717, 1.165) is 38.9 Å². The van der Waals surface area contributed by atoms with Gasteiger partial charge < -0.3 is 15.3 Å². The third kappa shape index (κ3) is 2.83. The molecule has 2 aliphatic rings. The number of carbonyl (C=O) groups excluding carboxylic acids is 1. The average Bonchev–Trinajstić information content (AvgIpc) is 3.16. The van der Waals surface area contributed by atoms with Gasteiger partial charge in [0.2, 0.25) is 5.91 Å². The standard InChI is InChI=1S/C13H22N2O3/c1-2-7-15(9-3-5-14-6-4-9)12(16)10-8-11(10)13(17)18/h9-11,14H,2-8H2,1H3,(H,17,18). The van der Waals surface area contributed by atoms with Crippen molar-refractivity contribution in [2.24, 2.45) is 11.8 Å². The lowest BCUT2D eigenvalue weighted by Gasteiger charge is -2.34. The summed E-state index contributed by atoms with van der Waals surface area (Å²) in [6.07, 6.45) is 3.42. The first-order valence-electron chi connectivity index (χ1n) is 6.89. The number of aliphatic carboxylic acids is 1. The van der Waals surface area contributed by atoms with Gasteiger partial charge in [-0.05, 0) is 38.8 Å². The van der Waals surface area contributed by atoms with Crippen LogP contribution in [0.3, 0.4) is 0 Å². The Morgan fingerprint density at radius 1 is 1.28 bits per heavy atom. The molecule has 1 amide bonds. The zero-order chi connectivity index (χ0) is 13.1. The summed E-state index contributed by atoms with van der Waals surface area (Å²) in [6, 6.07) is 0.300. The van der Waals surface area contributed by atoms with Crippen molar-refractivity contribution in [1.29, 1.82) is 0 Å². The lowest BCUT2D eigenvalue weighted by molar-refractivity contribution is -0.143. The average molecular weight is 254 g/mol. The molecule has 1 aliphatic carbocycles. The van der Waals surface area contributed by atoms with Crippen LogP contribution in [0.25, 0.3) is 0 Å². The van der Waals surface area contributed by atoms with Gasteiger partial charge in [0.15, 0.2) is 0 Å². The molecule has 1 aliphatic heterocycles. The first-order chi connectivity index (χ1) is 8.65. The Labute approximate surface area is 108 Å². The molecule has 2 fully saturated rings. The molecule has 1 heterocycles. The number of hydrogen-bond acceptors (Lipinski definition) is 3. The molecule has 0 bridgehead atoms. The van der Waals surface area contributed by atoms with E-state index in [-0.39, 0.29) is 11.8 Å². The van der Waals surface area contributed by atoms with Gasteiger partial charge in [-0.25, -0.2) is 0 Å². The molecule has 18 heavy (non-hydrogen) atoms. The van der Waals surface area contributed by atoms with E-state index < -0.39 is 11.9 Å². The van der Waals surface area contributed by atoms with Crippen LogP contribution in [0.4, 0.5) is 0 Å². The minimum absolute atomic E-state index is 0.0659. The van der Waals surface area contributed by atoms with Gasteiger partial charge in [-0.2, -0.15) is 0 Å². The van der Waals surface area contributed by atoms with Gasteiger partial charge in [0.05, 0.1) is 11.8 Å². The highest BCUT2D eigenvalue weighted by Crippen LogP contribution is 2.40. The van der Waals surface area contributed by atoms with Crippen LogP contribution in [0.2, 0.25) is 0 Å². The van der Waals surface area contributed by atoms with Crippen LogP contribution in [0.15, 0.2) is 0 Å². The molecule has 0 radical (unpaired) electrons. The second-order valence-electron chi connectivity index (χ2n) is 5.30. The van der Waals surface area contributed by atoms with Crippen LogP contribution < -0.4 is 5.32 Å². The Bertz CT molecular complexity index is 326. The summed E-state index contributed by atoms with van der Waals surface area (Å²) in [7, 11) is 0. The molecule has 1 saturated carbocycles. The molecule has 0 aromatic rings. The molecule has 2 rings (SSSR count). The molecule has 2 atom stereocenters. The number of carboxylic acid groups (broad SMARTS) is 1. The summed E-state index contributed by atoms with van der Waals surface area (Å²) in [5.74, 6) is -1.45. The summed E-state index contributed by atoms with van der Waals surface area (Å²) < 4.78 is 0. The maximum atomic E-state index is 12.4. The highest BCUT2D eigenvalue weighted by molar-refractivity contribution is 5.89. The Morgan fingerprint density at radius 3 is 2.44 bits per heavy atom. The van der Waals surface area contributed by atoms with E-state index in [0.29, 0.717) is 12.5 Å². The molecular weight excluding hydrogens is 232 g/mol. The Morgan fingerprint density at radius 2 is 1.94 bits per heavy atom.